The van der Waals surface area contributed by atoms with Crippen molar-refractivity contribution in [1.82, 2.24) is 9.80 Å². The predicted octanol–water partition coefficient (Wildman–Crippen LogP) is 0.0308. The number of morpholine rings is 1. The molecule has 0 aromatic carbocycles. The fourth-order valence-corrected chi connectivity index (χ4v) is 2.46. The van der Waals surface area contributed by atoms with Gasteiger partial charge in [-0.25, -0.2) is 0 Å². The Labute approximate surface area is 124 Å². The Balaban J connectivity index is 2.12. The standard InChI is InChI=1S/C13H21ClN4O2/c1-17-4-2-3-16-10(9-17)11(14)12(15)13(19)18-5-7-20-8-6-18/h2-9,15H2,1H3/b12-11+. The van der Waals surface area contributed by atoms with Crippen molar-refractivity contribution in [3.8, 4) is 0 Å². The first-order valence-corrected chi connectivity index (χ1v) is 7.22. The van der Waals surface area contributed by atoms with Gasteiger partial charge < -0.3 is 20.3 Å². The molecule has 0 radical (unpaired) electrons. The van der Waals surface area contributed by atoms with Crippen LogP contribution >= 0.6 is 11.6 Å². The molecule has 1 fully saturated rings. The maximum absolute atomic E-state index is 12.3. The van der Waals surface area contributed by atoms with Crippen LogP contribution in [0.3, 0.4) is 0 Å². The second-order valence-electron chi connectivity index (χ2n) is 5.05. The van der Waals surface area contributed by atoms with Crippen molar-refractivity contribution < 1.29 is 9.53 Å². The number of nitrogens with two attached hydrogens (primary N) is 1. The van der Waals surface area contributed by atoms with Crippen molar-refractivity contribution >= 4 is 23.2 Å². The van der Waals surface area contributed by atoms with E-state index >= 15 is 0 Å². The van der Waals surface area contributed by atoms with Crippen molar-refractivity contribution in [2.24, 2.45) is 10.7 Å². The molecule has 6 nitrogen and oxygen atoms in total. The van der Waals surface area contributed by atoms with E-state index in [4.69, 9.17) is 22.1 Å². The molecular formula is C13H21ClN4O2. The van der Waals surface area contributed by atoms with Crippen LogP contribution < -0.4 is 5.73 Å². The van der Waals surface area contributed by atoms with E-state index in [1.807, 2.05) is 7.05 Å². The van der Waals surface area contributed by atoms with E-state index in [-0.39, 0.29) is 16.6 Å². The molecule has 0 atom stereocenters. The number of halogens is 1. The van der Waals surface area contributed by atoms with Gasteiger partial charge in [0.1, 0.15) is 5.70 Å². The molecule has 2 heterocycles. The van der Waals surface area contributed by atoms with Gasteiger partial charge in [0.05, 0.1) is 24.0 Å². The van der Waals surface area contributed by atoms with Gasteiger partial charge in [-0.15, -0.1) is 0 Å². The van der Waals surface area contributed by atoms with E-state index in [1.54, 1.807) is 4.90 Å². The van der Waals surface area contributed by atoms with E-state index in [0.29, 0.717) is 38.6 Å². The monoisotopic (exact) mass is 300 g/mol. The molecule has 1 saturated heterocycles. The third-order valence-corrected chi connectivity index (χ3v) is 3.86. The summed E-state index contributed by atoms with van der Waals surface area (Å²) in [7, 11) is 2.00. The first kappa shape index (κ1) is 15.3. The van der Waals surface area contributed by atoms with Crippen LogP contribution in [0.4, 0.5) is 0 Å². The van der Waals surface area contributed by atoms with Crippen molar-refractivity contribution in [3.05, 3.63) is 10.7 Å². The molecule has 2 N–H and O–H groups in total. The van der Waals surface area contributed by atoms with Crippen LogP contribution in [0.15, 0.2) is 15.7 Å². The molecule has 112 valence electrons. The molecule has 2 aliphatic rings. The summed E-state index contributed by atoms with van der Waals surface area (Å²) in [5, 5.41) is 0.287. The van der Waals surface area contributed by atoms with Gasteiger partial charge in [0, 0.05) is 32.7 Å². The second kappa shape index (κ2) is 7.06. The normalized spacial score (nSPS) is 22.9. The molecular weight excluding hydrogens is 280 g/mol. The minimum Gasteiger partial charge on any atom is -0.393 e. The van der Waals surface area contributed by atoms with Gasteiger partial charge in [0.15, 0.2) is 0 Å². The number of hydrogen-bond acceptors (Lipinski definition) is 5. The zero-order valence-electron chi connectivity index (χ0n) is 11.8. The second-order valence-corrected chi connectivity index (χ2v) is 5.43. The Kier molecular flexibility index (Phi) is 5.39. The Bertz CT molecular complexity index is 430. The summed E-state index contributed by atoms with van der Waals surface area (Å²) in [6.45, 7) is 4.49. The molecule has 2 aliphatic heterocycles. The molecule has 20 heavy (non-hydrogen) atoms. The Morgan fingerprint density at radius 2 is 2.05 bits per heavy atom. The van der Waals surface area contributed by atoms with Gasteiger partial charge in [-0.1, -0.05) is 11.6 Å². The molecule has 2 rings (SSSR count). The third-order valence-electron chi connectivity index (χ3n) is 3.44. The van der Waals surface area contributed by atoms with Crippen LogP contribution in [0.2, 0.25) is 0 Å². The SMILES string of the molecule is CN1CCCN=C(/C(Cl)=C(\N)C(=O)N2CCOCC2)C1. The Morgan fingerprint density at radius 1 is 1.35 bits per heavy atom. The molecule has 0 aliphatic carbocycles. The van der Waals surface area contributed by atoms with Crippen LogP contribution in [-0.2, 0) is 9.53 Å². The summed E-state index contributed by atoms with van der Waals surface area (Å²) >= 11 is 6.28. The highest BCUT2D eigenvalue weighted by atomic mass is 35.5. The lowest BCUT2D eigenvalue weighted by atomic mass is 10.2. The summed E-state index contributed by atoms with van der Waals surface area (Å²) < 4.78 is 5.22. The van der Waals surface area contributed by atoms with E-state index in [1.165, 1.54) is 0 Å². The zero-order chi connectivity index (χ0) is 14.5. The number of ether oxygens (including phenoxy) is 1. The number of rotatable bonds is 2. The summed E-state index contributed by atoms with van der Waals surface area (Å²) in [4.78, 5) is 20.5. The van der Waals surface area contributed by atoms with Crippen LogP contribution in [0, 0.1) is 0 Å². The van der Waals surface area contributed by atoms with Gasteiger partial charge in [0.2, 0.25) is 0 Å². The van der Waals surface area contributed by atoms with Crippen molar-refractivity contribution in [2.75, 3.05) is 53.0 Å². The fraction of sp³-hybridized carbons (Fsp3) is 0.692. The van der Waals surface area contributed by atoms with Crippen LogP contribution in [0.5, 0.6) is 0 Å². The highest BCUT2D eigenvalue weighted by Crippen LogP contribution is 2.14. The summed E-state index contributed by atoms with van der Waals surface area (Å²) in [6, 6.07) is 0. The number of amides is 1. The van der Waals surface area contributed by atoms with Crippen LogP contribution in [0.1, 0.15) is 6.42 Å². The molecule has 0 aromatic heterocycles. The Morgan fingerprint density at radius 3 is 2.75 bits per heavy atom. The maximum Gasteiger partial charge on any atom is 0.271 e. The number of carbonyl (C=O) groups is 1. The lowest BCUT2D eigenvalue weighted by molar-refractivity contribution is -0.131. The van der Waals surface area contributed by atoms with Crippen molar-refractivity contribution in [3.63, 3.8) is 0 Å². The first-order chi connectivity index (χ1) is 9.59. The molecule has 0 spiro atoms. The van der Waals surface area contributed by atoms with Gasteiger partial charge in [0.25, 0.3) is 5.91 Å². The average molecular weight is 301 g/mol. The van der Waals surface area contributed by atoms with Crippen LogP contribution in [-0.4, -0.2) is 74.4 Å². The highest BCUT2D eigenvalue weighted by Gasteiger charge is 2.23. The molecule has 0 saturated carbocycles. The predicted molar refractivity (Wildman–Crippen MR) is 78.9 cm³/mol. The van der Waals surface area contributed by atoms with E-state index < -0.39 is 0 Å². The van der Waals surface area contributed by atoms with Crippen molar-refractivity contribution in [1.29, 1.82) is 0 Å². The van der Waals surface area contributed by atoms with Gasteiger partial charge >= 0.3 is 0 Å². The zero-order valence-corrected chi connectivity index (χ0v) is 12.5. The summed E-state index contributed by atoms with van der Waals surface area (Å²) in [5.41, 5.74) is 6.72. The molecule has 7 heteroatoms. The van der Waals surface area contributed by atoms with E-state index in [9.17, 15) is 4.79 Å². The van der Waals surface area contributed by atoms with Crippen molar-refractivity contribution in [2.45, 2.75) is 6.42 Å². The quantitative estimate of drug-likeness (QED) is 0.731. The molecule has 0 unspecified atom stereocenters. The lowest BCUT2D eigenvalue weighted by Crippen LogP contribution is -2.43. The first-order valence-electron chi connectivity index (χ1n) is 6.84. The van der Waals surface area contributed by atoms with Gasteiger partial charge in [-0.3, -0.25) is 9.79 Å². The number of nitrogens with zero attached hydrogens (tertiary/aromatic N) is 3. The minimum absolute atomic E-state index is 0.0858. The largest absolute Gasteiger partial charge is 0.393 e. The smallest absolute Gasteiger partial charge is 0.271 e. The van der Waals surface area contributed by atoms with E-state index in [2.05, 4.69) is 9.89 Å². The topological polar surface area (TPSA) is 71.2 Å². The summed E-state index contributed by atoms with van der Waals surface area (Å²) in [5.74, 6) is -0.229. The molecule has 1 amide bonds. The number of carbonyl (C=O) groups excluding carboxylic acids is 1. The fourth-order valence-electron chi connectivity index (χ4n) is 2.26. The number of hydrogen-bond donors (Lipinski definition) is 1. The summed E-state index contributed by atoms with van der Waals surface area (Å²) in [6.07, 6.45) is 0.988. The molecule has 0 aromatic rings. The van der Waals surface area contributed by atoms with Gasteiger partial charge in [-0.2, -0.15) is 0 Å². The number of aliphatic imine (C=N–C) groups is 1. The van der Waals surface area contributed by atoms with Crippen LogP contribution in [0.25, 0.3) is 0 Å². The highest BCUT2D eigenvalue weighted by molar-refractivity contribution is 6.45. The lowest BCUT2D eigenvalue weighted by Gasteiger charge is -2.27. The average Bonchev–Trinajstić information content (AvgIpc) is 2.70. The maximum atomic E-state index is 12.3. The van der Waals surface area contributed by atoms with Gasteiger partial charge in [-0.05, 0) is 13.5 Å². The Hall–Kier alpha value is -1.11. The molecule has 0 bridgehead atoms. The third kappa shape index (κ3) is 3.71. The van der Waals surface area contributed by atoms with E-state index in [0.717, 1.165) is 19.5 Å². The minimum atomic E-state index is -0.229.